The van der Waals surface area contributed by atoms with Gasteiger partial charge in [0.1, 0.15) is 42.7 Å². The van der Waals surface area contributed by atoms with E-state index in [4.69, 9.17) is 9.47 Å². The van der Waals surface area contributed by atoms with Crippen molar-refractivity contribution in [3.05, 3.63) is 33.1 Å². The molecule has 223 valence electrons. The fraction of sp³-hybridized carbons (Fsp3) is 0.706. The number of amides is 1. The molecule has 2 aliphatic rings. The predicted molar refractivity (Wildman–Crippen MR) is 126 cm³/mol. The van der Waals surface area contributed by atoms with E-state index >= 15 is 0 Å². The zero-order valence-corrected chi connectivity index (χ0v) is 24.6. The number of hydrogen-bond donors (Lipinski definition) is 9. The summed E-state index contributed by atoms with van der Waals surface area (Å²) in [7, 11) is -11.1. The van der Waals surface area contributed by atoms with E-state index < -0.39 is 101 Å². The van der Waals surface area contributed by atoms with E-state index in [1.165, 1.54) is 0 Å². The smallest absolute Gasteiger partial charge is 0.394 e. The number of phosphoric acid groups is 2. The van der Waals surface area contributed by atoms with Gasteiger partial charge >= 0.3 is 21.3 Å². The normalized spacial score (nSPS) is 35.2. The zero-order valence-electron chi connectivity index (χ0n) is 20.8. The maximum absolute atomic E-state index is 12.4. The molecule has 0 aliphatic carbocycles. The molecule has 2 aliphatic heterocycles. The van der Waals surface area contributed by atoms with Crippen LogP contribution >= 0.6 is 15.6 Å². The molecule has 23 heteroatoms. The monoisotopic (exact) mass is 630 g/mol. The second-order valence-corrected chi connectivity index (χ2v) is 11.4. The average Bonchev–Trinajstić information content (AvgIpc) is 3.10. The molecule has 3 rings (SSSR count). The zero-order chi connectivity index (χ0) is 29.3. The summed E-state index contributed by atoms with van der Waals surface area (Å²) >= 11 is 0. The van der Waals surface area contributed by atoms with E-state index in [0.29, 0.717) is 0 Å². The summed E-state index contributed by atoms with van der Waals surface area (Å²) < 4.78 is 49.2. The van der Waals surface area contributed by atoms with Gasteiger partial charge in [0.25, 0.3) is 5.56 Å². The van der Waals surface area contributed by atoms with Gasteiger partial charge < -0.3 is 50.1 Å². The fourth-order valence-corrected chi connectivity index (χ4v) is 5.92. The molecule has 11 unspecified atom stereocenters. The van der Waals surface area contributed by atoms with Crippen molar-refractivity contribution in [2.24, 2.45) is 0 Å². The molecule has 20 nitrogen and oxygen atoms in total. The Morgan fingerprint density at radius 1 is 1.05 bits per heavy atom. The first kappa shape index (κ1) is 35.3. The third-order valence-corrected chi connectivity index (χ3v) is 8.16. The molecule has 2 saturated heterocycles. The maximum Gasteiger partial charge on any atom is 0.483 e. The van der Waals surface area contributed by atoms with Gasteiger partial charge in [-0.15, -0.1) is 0 Å². The predicted octanol–water partition coefficient (Wildman–Crippen LogP) is -5.03. The molecular formula is C17H27N3NaO17P2. The minimum atomic E-state index is -5.63. The van der Waals surface area contributed by atoms with E-state index in [-0.39, 0.29) is 29.6 Å². The SMILES string of the molecule is CC(=O)NC1C(OP(=O)(O)OP(=O)(O)OCC2OC(n3ccc(=O)[nH]c3=O)C(O)C2O)OC(CO)C(O)C1O.[Na]. The molecule has 0 spiro atoms. The van der Waals surface area contributed by atoms with Crippen LogP contribution in [0.3, 0.4) is 0 Å². The van der Waals surface area contributed by atoms with Gasteiger partial charge in [0.2, 0.25) is 5.91 Å². The summed E-state index contributed by atoms with van der Waals surface area (Å²) in [6.45, 7) is -0.940. The number of rotatable bonds is 10. The van der Waals surface area contributed by atoms with E-state index in [9.17, 15) is 58.8 Å². The Balaban J connectivity index is 0.00000560. The van der Waals surface area contributed by atoms with Crippen LogP contribution < -0.4 is 16.6 Å². The number of aliphatic hydroxyl groups is 5. The molecule has 40 heavy (non-hydrogen) atoms. The van der Waals surface area contributed by atoms with E-state index in [1.54, 1.807) is 0 Å². The minimum Gasteiger partial charge on any atom is -0.394 e. The van der Waals surface area contributed by atoms with Crippen molar-refractivity contribution in [2.45, 2.75) is 62.1 Å². The Morgan fingerprint density at radius 2 is 1.68 bits per heavy atom. The number of ether oxygens (including phenoxy) is 2. The summed E-state index contributed by atoms with van der Waals surface area (Å²) in [4.78, 5) is 56.4. The average molecular weight is 630 g/mol. The molecule has 2 fully saturated rings. The van der Waals surface area contributed by atoms with Gasteiger partial charge in [0, 0.05) is 48.7 Å². The second kappa shape index (κ2) is 14.1. The largest absolute Gasteiger partial charge is 0.483 e. The van der Waals surface area contributed by atoms with Gasteiger partial charge in [0.15, 0.2) is 12.5 Å². The van der Waals surface area contributed by atoms with Crippen LogP contribution in [0.2, 0.25) is 0 Å². The number of carbonyl (C=O) groups excluding carboxylic acids is 1. The van der Waals surface area contributed by atoms with E-state index in [0.717, 1.165) is 23.8 Å². The van der Waals surface area contributed by atoms with Crippen LogP contribution in [0.15, 0.2) is 21.9 Å². The topological polar surface area (TPSA) is 306 Å². The Hall–Kier alpha value is -0.870. The standard InChI is InChI=1S/C17H27N3O17P2.Na/c1-6(22)18-10-13(26)11(24)7(4-21)35-16(10)36-39(31,32)37-38(29,30)33-5-8-12(25)14(27)15(34-8)20-3-2-9(23)19-17(20)28;/h2-3,7-8,10-16,21,24-27H,4-5H2,1H3,(H,18,22)(H,29,30)(H,31,32)(H,19,23,28);. The van der Waals surface area contributed by atoms with Crippen molar-refractivity contribution in [2.75, 3.05) is 13.2 Å². The summed E-state index contributed by atoms with van der Waals surface area (Å²) in [5, 5.41) is 51.9. The second-order valence-electron chi connectivity index (χ2n) is 8.42. The van der Waals surface area contributed by atoms with E-state index in [2.05, 4.69) is 18.7 Å². The number of hydrogen-bond acceptors (Lipinski definition) is 15. The fourth-order valence-electron chi connectivity index (χ4n) is 3.76. The van der Waals surface area contributed by atoms with Gasteiger partial charge in [-0.2, -0.15) is 4.31 Å². The van der Waals surface area contributed by atoms with Gasteiger partial charge in [-0.1, -0.05) is 0 Å². The molecule has 0 aromatic carbocycles. The molecule has 9 N–H and O–H groups in total. The van der Waals surface area contributed by atoms with Crippen molar-refractivity contribution >= 4 is 51.1 Å². The molecule has 1 radical (unpaired) electrons. The molecular weight excluding hydrogens is 603 g/mol. The summed E-state index contributed by atoms with van der Waals surface area (Å²) in [6, 6.07) is -0.766. The Kier molecular flexibility index (Phi) is 12.4. The molecule has 1 aromatic rings. The van der Waals surface area contributed by atoms with Crippen molar-refractivity contribution in [1.82, 2.24) is 14.9 Å². The number of nitrogens with one attached hydrogen (secondary N) is 2. The number of nitrogens with zero attached hydrogens (tertiary/aromatic N) is 1. The van der Waals surface area contributed by atoms with Gasteiger partial charge in [-0.25, -0.2) is 13.9 Å². The van der Waals surface area contributed by atoms with Crippen molar-refractivity contribution in [3.63, 3.8) is 0 Å². The van der Waals surface area contributed by atoms with Gasteiger partial charge in [0.05, 0.1) is 13.2 Å². The Morgan fingerprint density at radius 3 is 2.25 bits per heavy atom. The van der Waals surface area contributed by atoms with Crippen LogP contribution in [-0.2, 0) is 36.8 Å². The molecule has 0 bridgehead atoms. The van der Waals surface area contributed by atoms with Crippen LogP contribution in [0.1, 0.15) is 13.2 Å². The van der Waals surface area contributed by atoms with Crippen LogP contribution in [0, 0.1) is 0 Å². The van der Waals surface area contributed by atoms with Crippen molar-refractivity contribution < 1.29 is 72.1 Å². The Labute approximate surface area is 245 Å². The summed E-state index contributed by atoms with van der Waals surface area (Å²) in [6.07, 6.45) is -13.0. The van der Waals surface area contributed by atoms with Crippen LogP contribution in [0.25, 0.3) is 0 Å². The molecule has 0 saturated carbocycles. The third-order valence-electron chi connectivity index (χ3n) is 5.56. The number of H-pyrrole nitrogens is 1. The first-order valence-electron chi connectivity index (χ1n) is 11.0. The quantitative estimate of drug-likeness (QED) is 0.0863. The van der Waals surface area contributed by atoms with E-state index in [1.807, 2.05) is 4.98 Å². The number of aromatic amines is 1. The first-order chi connectivity index (χ1) is 18.0. The number of carbonyl (C=O) groups is 1. The van der Waals surface area contributed by atoms with Crippen LogP contribution in [0.5, 0.6) is 0 Å². The maximum atomic E-state index is 12.4. The van der Waals surface area contributed by atoms with Gasteiger partial charge in [-0.05, 0) is 0 Å². The molecule has 3 heterocycles. The van der Waals surface area contributed by atoms with Gasteiger partial charge in [-0.3, -0.25) is 28.2 Å². The summed E-state index contributed by atoms with van der Waals surface area (Å²) in [5.74, 6) is -0.796. The minimum absolute atomic E-state index is 0. The van der Waals surface area contributed by atoms with Crippen molar-refractivity contribution in [3.8, 4) is 0 Å². The number of phosphoric ester groups is 2. The number of aromatic nitrogens is 2. The van der Waals surface area contributed by atoms with Crippen LogP contribution in [-0.4, -0.2) is 143 Å². The molecule has 1 amide bonds. The number of aliphatic hydroxyl groups excluding tert-OH is 5. The summed E-state index contributed by atoms with van der Waals surface area (Å²) in [5.41, 5.74) is -1.75. The van der Waals surface area contributed by atoms with Crippen molar-refractivity contribution in [1.29, 1.82) is 0 Å². The first-order valence-corrected chi connectivity index (χ1v) is 14.0. The molecule has 11 atom stereocenters. The Bertz CT molecular complexity index is 1250. The third kappa shape index (κ3) is 8.59. The molecule has 1 aromatic heterocycles. The van der Waals surface area contributed by atoms with Crippen LogP contribution in [0.4, 0.5) is 0 Å².